The minimum absolute atomic E-state index is 0.566. The third-order valence-corrected chi connectivity index (χ3v) is 2.88. The zero-order valence-electron chi connectivity index (χ0n) is 7.80. The number of fused-ring (bicyclic) bond motifs is 1. The molecular formula is C9H11N5. The van der Waals surface area contributed by atoms with Crippen molar-refractivity contribution in [1.29, 1.82) is 0 Å². The van der Waals surface area contributed by atoms with E-state index in [1.165, 1.54) is 25.7 Å². The summed E-state index contributed by atoms with van der Waals surface area (Å²) in [5.41, 5.74) is 1.71. The van der Waals surface area contributed by atoms with Crippen LogP contribution in [-0.2, 0) is 0 Å². The average Bonchev–Trinajstić information content (AvgIpc) is 2.85. The van der Waals surface area contributed by atoms with E-state index in [1.54, 1.807) is 6.20 Å². The molecule has 5 nitrogen and oxygen atoms in total. The summed E-state index contributed by atoms with van der Waals surface area (Å²) in [6.45, 7) is 0. The largest absolute Gasteiger partial charge is 0.311 e. The van der Waals surface area contributed by atoms with E-state index in [0.717, 1.165) is 11.2 Å². The van der Waals surface area contributed by atoms with Crippen molar-refractivity contribution in [2.45, 2.75) is 31.7 Å². The van der Waals surface area contributed by atoms with Gasteiger partial charge in [0.05, 0.1) is 12.5 Å². The molecule has 0 bridgehead atoms. The van der Waals surface area contributed by atoms with E-state index in [0.29, 0.717) is 6.04 Å². The van der Waals surface area contributed by atoms with Crippen LogP contribution in [0.1, 0.15) is 31.7 Å². The maximum absolute atomic E-state index is 4.26. The number of rotatable bonds is 1. The highest BCUT2D eigenvalue weighted by Gasteiger charge is 2.19. The molecule has 2 aromatic heterocycles. The summed E-state index contributed by atoms with van der Waals surface area (Å²) in [5, 5.41) is 11.4. The van der Waals surface area contributed by atoms with E-state index in [4.69, 9.17) is 0 Å². The molecule has 0 aliphatic heterocycles. The van der Waals surface area contributed by atoms with Crippen LogP contribution < -0.4 is 0 Å². The van der Waals surface area contributed by atoms with Crippen LogP contribution in [0.4, 0.5) is 0 Å². The second-order valence-electron chi connectivity index (χ2n) is 3.73. The van der Waals surface area contributed by atoms with Crippen LogP contribution in [0.15, 0.2) is 12.5 Å². The summed E-state index contributed by atoms with van der Waals surface area (Å²) >= 11 is 0. The van der Waals surface area contributed by atoms with E-state index in [-0.39, 0.29) is 0 Å². The molecule has 1 aliphatic carbocycles. The third-order valence-electron chi connectivity index (χ3n) is 2.88. The van der Waals surface area contributed by atoms with Gasteiger partial charge in [0.2, 0.25) is 0 Å². The molecule has 2 heterocycles. The Morgan fingerprint density at radius 3 is 3.00 bits per heavy atom. The molecule has 1 fully saturated rings. The van der Waals surface area contributed by atoms with Crippen LogP contribution >= 0.6 is 0 Å². The Labute approximate surface area is 81.2 Å². The lowest BCUT2D eigenvalue weighted by molar-refractivity contribution is 0.526. The number of aromatic nitrogens is 5. The molecule has 0 unspecified atom stereocenters. The Morgan fingerprint density at radius 2 is 2.14 bits per heavy atom. The molecule has 0 saturated heterocycles. The molecule has 14 heavy (non-hydrogen) atoms. The van der Waals surface area contributed by atoms with Crippen molar-refractivity contribution in [3.05, 3.63) is 12.5 Å². The highest BCUT2D eigenvalue weighted by Crippen LogP contribution is 2.30. The molecule has 3 rings (SSSR count). The van der Waals surface area contributed by atoms with Gasteiger partial charge in [0, 0.05) is 6.04 Å². The van der Waals surface area contributed by atoms with Gasteiger partial charge in [-0.15, -0.1) is 10.2 Å². The lowest BCUT2D eigenvalue weighted by Crippen LogP contribution is -2.04. The Bertz CT molecular complexity index is 443. The van der Waals surface area contributed by atoms with Gasteiger partial charge in [-0.1, -0.05) is 12.8 Å². The highest BCUT2D eigenvalue weighted by molar-refractivity contribution is 5.68. The SMILES string of the molecule is c1nnnc2c1ncn2C1CCCC1. The number of nitrogens with zero attached hydrogens (tertiary/aromatic N) is 5. The first-order valence-corrected chi connectivity index (χ1v) is 4.96. The molecule has 5 heteroatoms. The standard InChI is InChI=1S/C9H11N5/c1-2-4-7(3-1)14-6-10-8-5-11-13-12-9(8)14/h5-7H,1-4H2. The Morgan fingerprint density at radius 1 is 1.29 bits per heavy atom. The van der Waals surface area contributed by atoms with Crippen molar-refractivity contribution < 1.29 is 0 Å². The van der Waals surface area contributed by atoms with Gasteiger partial charge in [-0.2, -0.15) is 0 Å². The van der Waals surface area contributed by atoms with Crippen molar-refractivity contribution in [2.75, 3.05) is 0 Å². The van der Waals surface area contributed by atoms with Gasteiger partial charge in [0.15, 0.2) is 5.65 Å². The molecule has 0 atom stereocenters. The van der Waals surface area contributed by atoms with Crippen LogP contribution in [-0.4, -0.2) is 25.0 Å². The van der Waals surface area contributed by atoms with Crippen LogP contribution in [0.5, 0.6) is 0 Å². The molecule has 1 saturated carbocycles. The van der Waals surface area contributed by atoms with Gasteiger partial charge in [-0.05, 0) is 18.1 Å². The monoisotopic (exact) mass is 189 g/mol. The van der Waals surface area contributed by atoms with Crippen LogP contribution in [0.3, 0.4) is 0 Å². The predicted octanol–water partition coefficient (Wildman–Crippen LogP) is 1.34. The summed E-state index contributed by atoms with van der Waals surface area (Å²) in [4.78, 5) is 4.26. The summed E-state index contributed by atoms with van der Waals surface area (Å²) in [7, 11) is 0. The van der Waals surface area contributed by atoms with Crippen LogP contribution in [0, 0.1) is 0 Å². The van der Waals surface area contributed by atoms with E-state index >= 15 is 0 Å². The van der Waals surface area contributed by atoms with Crippen molar-refractivity contribution in [3.8, 4) is 0 Å². The minimum Gasteiger partial charge on any atom is -0.311 e. The van der Waals surface area contributed by atoms with E-state index in [2.05, 4.69) is 25.0 Å². The minimum atomic E-state index is 0.566. The number of hydrogen-bond acceptors (Lipinski definition) is 4. The normalized spacial score (nSPS) is 18.0. The van der Waals surface area contributed by atoms with Gasteiger partial charge in [0.25, 0.3) is 0 Å². The Hall–Kier alpha value is -1.52. The average molecular weight is 189 g/mol. The first-order chi connectivity index (χ1) is 6.95. The van der Waals surface area contributed by atoms with E-state index in [1.807, 2.05) is 6.33 Å². The molecule has 2 aromatic rings. The molecule has 0 aromatic carbocycles. The van der Waals surface area contributed by atoms with Crippen molar-refractivity contribution >= 4 is 11.2 Å². The van der Waals surface area contributed by atoms with Crippen molar-refractivity contribution in [3.63, 3.8) is 0 Å². The van der Waals surface area contributed by atoms with E-state index in [9.17, 15) is 0 Å². The number of imidazole rings is 1. The molecule has 0 spiro atoms. The van der Waals surface area contributed by atoms with E-state index < -0.39 is 0 Å². The number of hydrogen-bond donors (Lipinski definition) is 0. The van der Waals surface area contributed by atoms with Gasteiger partial charge in [0.1, 0.15) is 5.52 Å². The molecule has 0 N–H and O–H groups in total. The Kier molecular flexibility index (Phi) is 1.68. The second-order valence-corrected chi connectivity index (χ2v) is 3.73. The lowest BCUT2D eigenvalue weighted by atomic mass is 10.2. The topological polar surface area (TPSA) is 56.5 Å². The molecule has 0 amide bonds. The summed E-state index contributed by atoms with van der Waals surface area (Å²) < 4.78 is 2.14. The van der Waals surface area contributed by atoms with Gasteiger partial charge >= 0.3 is 0 Å². The molecule has 0 radical (unpaired) electrons. The van der Waals surface area contributed by atoms with Crippen LogP contribution in [0.25, 0.3) is 11.2 Å². The third kappa shape index (κ3) is 1.08. The fraction of sp³-hybridized carbons (Fsp3) is 0.556. The maximum atomic E-state index is 4.26. The van der Waals surface area contributed by atoms with Gasteiger partial charge in [-0.25, -0.2) is 4.98 Å². The quantitative estimate of drug-likeness (QED) is 0.679. The second kappa shape index (κ2) is 3.01. The first kappa shape index (κ1) is 7.84. The molecular weight excluding hydrogens is 178 g/mol. The van der Waals surface area contributed by atoms with Crippen molar-refractivity contribution in [2.24, 2.45) is 0 Å². The first-order valence-electron chi connectivity index (χ1n) is 4.96. The summed E-state index contributed by atoms with van der Waals surface area (Å²) in [6, 6.07) is 0.566. The van der Waals surface area contributed by atoms with Gasteiger partial charge in [-0.3, -0.25) is 0 Å². The fourth-order valence-corrected chi connectivity index (χ4v) is 2.16. The summed E-state index contributed by atoms with van der Waals surface area (Å²) in [6.07, 6.45) is 8.60. The molecule has 72 valence electrons. The van der Waals surface area contributed by atoms with Crippen LogP contribution in [0.2, 0.25) is 0 Å². The zero-order chi connectivity index (χ0) is 9.38. The predicted molar refractivity (Wildman–Crippen MR) is 50.6 cm³/mol. The lowest BCUT2D eigenvalue weighted by Gasteiger charge is -2.10. The highest BCUT2D eigenvalue weighted by atomic mass is 15.3. The summed E-state index contributed by atoms with van der Waals surface area (Å²) in [5.74, 6) is 0. The Balaban J connectivity index is 2.11. The fourth-order valence-electron chi connectivity index (χ4n) is 2.16. The zero-order valence-corrected chi connectivity index (χ0v) is 7.80. The van der Waals surface area contributed by atoms with Gasteiger partial charge < -0.3 is 4.57 Å². The van der Waals surface area contributed by atoms with Crippen molar-refractivity contribution in [1.82, 2.24) is 25.0 Å². The molecule has 1 aliphatic rings. The smallest absolute Gasteiger partial charge is 0.186 e. The maximum Gasteiger partial charge on any atom is 0.186 e.